The summed E-state index contributed by atoms with van der Waals surface area (Å²) in [6.45, 7) is 2.83. The Hall–Kier alpha value is -1.68. The highest BCUT2D eigenvalue weighted by Gasteiger charge is 2.18. The molecule has 0 saturated heterocycles. The molecule has 19 heavy (non-hydrogen) atoms. The molecule has 104 valence electrons. The van der Waals surface area contributed by atoms with Crippen LogP contribution in [-0.4, -0.2) is 25.3 Å². The molecule has 4 heteroatoms. The molecule has 0 spiro atoms. The van der Waals surface area contributed by atoms with Crippen molar-refractivity contribution < 1.29 is 9.47 Å². The number of fused-ring (bicyclic) bond motifs is 1. The summed E-state index contributed by atoms with van der Waals surface area (Å²) in [7, 11) is 5.46. The zero-order valence-corrected chi connectivity index (χ0v) is 12.1. The Labute approximate surface area is 114 Å². The summed E-state index contributed by atoms with van der Waals surface area (Å²) in [5, 5.41) is 1.15. The first kappa shape index (κ1) is 13.7. The maximum absolute atomic E-state index is 5.64. The number of ether oxygens (including phenoxy) is 2. The van der Waals surface area contributed by atoms with Crippen LogP contribution in [0.4, 0.5) is 0 Å². The van der Waals surface area contributed by atoms with Gasteiger partial charge in [-0.15, -0.1) is 0 Å². The molecule has 0 bridgehead atoms. The zero-order valence-electron chi connectivity index (χ0n) is 12.1. The monoisotopic (exact) mass is 262 g/mol. The van der Waals surface area contributed by atoms with Gasteiger partial charge < -0.3 is 19.8 Å². The van der Waals surface area contributed by atoms with Crippen molar-refractivity contribution in [1.82, 2.24) is 4.57 Å². The second kappa shape index (κ2) is 5.53. The fraction of sp³-hybridized carbons (Fsp3) is 0.467. The number of hydrogen-bond acceptors (Lipinski definition) is 3. The highest BCUT2D eigenvalue weighted by molar-refractivity contribution is 5.95. The van der Waals surface area contributed by atoms with E-state index in [4.69, 9.17) is 15.2 Å². The van der Waals surface area contributed by atoms with Crippen LogP contribution in [0.25, 0.3) is 10.9 Å². The quantitative estimate of drug-likeness (QED) is 0.900. The first-order chi connectivity index (χ1) is 9.15. The molecule has 0 aliphatic carbocycles. The summed E-state index contributed by atoms with van der Waals surface area (Å²) in [4.78, 5) is 0. The molecule has 4 nitrogen and oxygen atoms in total. The van der Waals surface area contributed by atoms with Gasteiger partial charge in [0.1, 0.15) is 11.5 Å². The van der Waals surface area contributed by atoms with Crippen LogP contribution >= 0.6 is 0 Å². The lowest BCUT2D eigenvalue weighted by Crippen LogP contribution is -2.01. The van der Waals surface area contributed by atoms with Crippen molar-refractivity contribution in [2.75, 3.05) is 20.8 Å². The number of aromatic nitrogens is 1. The molecular weight excluding hydrogens is 240 g/mol. The number of aryl methyl sites for hydroxylation is 2. The molecule has 1 aromatic carbocycles. The van der Waals surface area contributed by atoms with Crippen LogP contribution in [0.15, 0.2) is 12.1 Å². The summed E-state index contributed by atoms with van der Waals surface area (Å²) < 4.78 is 13.2. The topological polar surface area (TPSA) is 49.4 Å². The number of rotatable bonds is 5. The first-order valence-electron chi connectivity index (χ1n) is 6.54. The summed E-state index contributed by atoms with van der Waals surface area (Å²) in [5.41, 5.74) is 9.28. The predicted molar refractivity (Wildman–Crippen MR) is 78.1 cm³/mol. The average Bonchev–Trinajstić information content (AvgIpc) is 2.69. The molecule has 2 rings (SSSR count). The van der Waals surface area contributed by atoms with Crippen molar-refractivity contribution in [2.45, 2.75) is 19.8 Å². The van der Waals surface area contributed by atoms with Gasteiger partial charge >= 0.3 is 0 Å². The van der Waals surface area contributed by atoms with Gasteiger partial charge in [-0.1, -0.05) is 0 Å². The van der Waals surface area contributed by atoms with E-state index in [2.05, 4.69) is 18.5 Å². The molecule has 0 atom stereocenters. The lowest BCUT2D eigenvalue weighted by Gasteiger charge is -2.09. The Balaban J connectivity index is 2.76. The summed E-state index contributed by atoms with van der Waals surface area (Å²) in [6, 6.07) is 3.92. The SMILES string of the molecule is COc1ccc(OC)c2c1c(CCCN)c(C)n2C. The number of hydrogen-bond donors (Lipinski definition) is 1. The molecule has 0 aliphatic heterocycles. The Bertz CT molecular complexity index is 588. The maximum atomic E-state index is 5.64. The minimum Gasteiger partial charge on any atom is -0.496 e. The van der Waals surface area contributed by atoms with Gasteiger partial charge in [-0.25, -0.2) is 0 Å². The molecule has 0 saturated carbocycles. The van der Waals surface area contributed by atoms with E-state index >= 15 is 0 Å². The number of benzene rings is 1. The van der Waals surface area contributed by atoms with Crippen molar-refractivity contribution in [3.8, 4) is 11.5 Å². The van der Waals surface area contributed by atoms with Crippen molar-refractivity contribution in [3.63, 3.8) is 0 Å². The normalized spacial score (nSPS) is 11.0. The molecule has 0 aliphatic rings. The van der Waals surface area contributed by atoms with Crippen LogP contribution in [-0.2, 0) is 13.5 Å². The van der Waals surface area contributed by atoms with E-state index in [-0.39, 0.29) is 0 Å². The maximum Gasteiger partial charge on any atom is 0.143 e. The third kappa shape index (κ3) is 2.16. The smallest absolute Gasteiger partial charge is 0.143 e. The van der Waals surface area contributed by atoms with E-state index in [0.717, 1.165) is 35.2 Å². The fourth-order valence-corrected chi connectivity index (χ4v) is 2.65. The molecule has 2 N–H and O–H groups in total. The molecule has 0 radical (unpaired) electrons. The van der Waals surface area contributed by atoms with Gasteiger partial charge in [0.2, 0.25) is 0 Å². The molecular formula is C15H22N2O2. The van der Waals surface area contributed by atoms with Crippen molar-refractivity contribution in [1.29, 1.82) is 0 Å². The minimum absolute atomic E-state index is 0.697. The highest BCUT2D eigenvalue weighted by Crippen LogP contribution is 2.38. The third-order valence-electron chi connectivity index (χ3n) is 3.75. The van der Waals surface area contributed by atoms with E-state index in [0.29, 0.717) is 6.54 Å². The van der Waals surface area contributed by atoms with Crippen LogP contribution in [0.2, 0.25) is 0 Å². The van der Waals surface area contributed by atoms with E-state index < -0.39 is 0 Å². The standard InChI is InChI=1S/C15H22N2O2/c1-10-11(6-5-9-16)14-12(18-3)7-8-13(19-4)15(14)17(10)2/h7-8H,5-6,9,16H2,1-4H3. The van der Waals surface area contributed by atoms with Gasteiger partial charge in [-0.3, -0.25) is 0 Å². The number of nitrogens with zero attached hydrogens (tertiary/aromatic N) is 1. The molecule has 0 unspecified atom stereocenters. The molecule has 1 aromatic heterocycles. The Kier molecular flexibility index (Phi) is 4.00. The Morgan fingerprint density at radius 2 is 1.79 bits per heavy atom. The van der Waals surface area contributed by atoms with Crippen molar-refractivity contribution in [3.05, 3.63) is 23.4 Å². The first-order valence-corrected chi connectivity index (χ1v) is 6.54. The summed E-state index contributed by atoms with van der Waals surface area (Å²) in [5.74, 6) is 1.77. The van der Waals surface area contributed by atoms with E-state index in [1.54, 1.807) is 14.2 Å². The van der Waals surface area contributed by atoms with Crippen LogP contribution in [0, 0.1) is 6.92 Å². The Morgan fingerprint density at radius 1 is 1.16 bits per heavy atom. The number of methoxy groups -OCH3 is 2. The van der Waals surface area contributed by atoms with Crippen LogP contribution in [0.3, 0.4) is 0 Å². The molecule has 1 heterocycles. The van der Waals surface area contributed by atoms with Gasteiger partial charge in [-0.2, -0.15) is 0 Å². The van der Waals surface area contributed by atoms with Crippen molar-refractivity contribution in [2.24, 2.45) is 12.8 Å². The average molecular weight is 262 g/mol. The zero-order chi connectivity index (χ0) is 14.0. The minimum atomic E-state index is 0.697. The fourth-order valence-electron chi connectivity index (χ4n) is 2.65. The Morgan fingerprint density at radius 3 is 2.37 bits per heavy atom. The molecule has 0 fully saturated rings. The molecule has 0 amide bonds. The lowest BCUT2D eigenvalue weighted by molar-refractivity contribution is 0.409. The van der Waals surface area contributed by atoms with E-state index in [1.807, 2.05) is 12.1 Å². The highest BCUT2D eigenvalue weighted by atomic mass is 16.5. The van der Waals surface area contributed by atoms with Gasteiger partial charge in [0.25, 0.3) is 0 Å². The van der Waals surface area contributed by atoms with Gasteiger partial charge in [0.05, 0.1) is 19.7 Å². The van der Waals surface area contributed by atoms with E-state index in [9.17, 15) is 0 Å². The predicted octanol–water partition coefficient (Wildman–Crippen LogP) is 2.40. The van der Waals surface area contributed by atoms with Crippen LogP contribution in [0.5, 0.6) is 11.5 Å². The number of nitrogens with two attached hydrogens (primary N) is 1. The van der Waals surface area contributed by atoms with Gasteiger partial charge in [-0.05, 0) is 44.0 Å². The largest absolute Gasteiger partial charge is 0.496 e. The molecule has 2 aromatic rings. The lowest BCUT2D eigenvalue weighted by atomic mass is 10.0. The van der Waals surface area contributed by atoms with Crippen LogP contribution < -0.4 is 15.2 Å². The van der Waals surface area contributed by atoms with Gasteiger partial charge in [0, 0.05) is 18.1 Å². The second-order valence-corrected chi connectivity index (χ2v) is 4.71. The van der Waals surface area contributed by atoms with Gasteiger partial charge in [0.15, 0.2) is 0 Å². The second-order valence-electron chi connectivity index (χ2n) is 4.71. The third-order valence-corrected chi connectivity index (χ3v) is 3.75. The van der Waals surface area contributed by atoms with Crippen molar-refractivity contribution >= 4 is 10.9 Å². The van der Waals surface area contributed by atoms with Crippen LogP contribution in [0.1, 0.15) is 17.7 Å². The summed E-state index contributed by atoms with van der Waals surface area (Å²) >= 11 is 0. The summed E-state index contributed by atoms with van der Waals surface area (Å²) in [6.07, 6.45) is 1.93. The van der Waals surface area contributed by atoms with E-state index in [1.165, 1.54) is 11.3 Å².